The molecule has 3 rings (SSSR count). The van der Waals surface area contributed by atoms with Crippen molar-refractivity contribution in [1.29, 1.82) is 0 Å². The summed E-state index contributed by atoms with van der Waals surface area (Å²) in [4.78, 5) is 23.7. The second-order valence-electron chi connectivity index (χ2n) is 5.96. The summed E-state index contributed by atoms with van der Waals surface area (Å²) in [6.45, 7) is 1.73. The zero-order chi connectivity index (χ0) is 20.3. The Kier molecular flexibility index (Phi) is 5.48. The average Bonchev–Trinajstić information content (AvgIpc) is 3.17. The maximum Gasteiger partial charge on any atom is 0.271 e. The minimum Gasteiger partial charge on any atom is -0.366 e. The van der Waals surface area contributed by atoms with E-state index < -0.39 is 15.9 Å². The van der Waals surface area contributed by atoms with Gasteiger partial charge in [-0.3, -0.25) is 14.3 Å². The lowest BCUT2D eigenvalue weighted by molar-refractivity contribution is 0.0997. The summed E-state index contributed by atoms with van der Waals surface area (Å²) in [5.74, 6) is -0.894. The molecule has 7 nitrogen and oxygen atoms in total. The van der Waals surface area contributed by atoms with Crippen LogP contribution >= 0.6 is 11.3 Å². The molecule has 2 amide bonds. The molecule has 2 aromatic carbocycles. The molecule has 0 bridgehead atoms. The van der Waals surface area contributed by atoms with Gasteiger partial charge in [-0.1, -0.05) is 6.07 Å². The van der Waals surface area contributed by atoms with Gasteiger partial charge in [-0.05, 0) is 66.4 Å². The highest BCUT2D eigenvalue weighted by atomic mass is 32.2. The molecular weight excluding hydrogens is 398 g/mol. The van der Waals surface area contributed by atoms with Crippen molar-refractivity contribution in [3.8, 4) is 0 Å². The third-order valence-electron chi connectivity index (χ3n) is 3.91. The van der Waals surface area contributed by atoms with Crippen molar-refractivity contribution >= 4 is 44.5 Å². The third-order valence-corrected chi connectivity index (χ3v) is 6.69. The number of thiophene rings is 1. The number of benzene rings is 2. The predicted octanol–water partition coefficient (Wildman–Crippen LogP) is 3.21. The van der Waals surface area contributed by atoms with E-state index in [0.717, 1.165) is 11.3 Å². The van der Waals surface area contributed by atoms with E-state index in [9.17, 15) is 18.0 Å². The van der Waals surface area contributed by atoms with E-state index in [0.29, 0.717) is 28.1 Å². The van der Waals surface area contributed by atoms with Crippen LogP contribution in [0.25, 0.3) is 0 Å². The fraction of sp³-hybridized carbons (Fsp3) is 0.0526. The first-order valence-corrected chi connectivity index (χ1v) is 10.5. The number of carbonyl (C=O) groups is 2. The monoisotopic (exact) mass is 415 g/mol. The highest BCUT2D eigenvalue weighted by Crippen LogP contribution is 2.21. The first kappa shape index (κ1) is 19.6. The van der Waals surface area contributed by atoms with Crippen LogP contribution in [0, 0.1) is 6.92 Å². The summed E-state index contributed by atoms with van der Waals surface area (Å²) in [6.07, 6.45) is 0. The number of nitrogens with one attached hydrogen (secondary N) is 2. The van der Waals surface area contributed by atoms with Gasteiger partial charge >= 0.3 is 0 Å². The maximum absolute atomic E-state index is 12.4. The second kappa shape index (κ2) is 7.83. The maximum atomic E-state index is 12.4. The van der Waals surface area contributed by atoms with Gasteiger partial charge in [0.15, 0.2) is 0 Å². The molecular formula is C19H17N3O4S2. The molecule has 0 saturated carbocycles. The molecule has 28 heavy (non-hydrogen) atoms. The van der Waals surface area contributed by atoms with Crippen LogP contribution in [0.3, 0.4) is 0 Å². The van der Waals surface area contributed by atoms with Crippen LogP contribution in [0.4, 0.5) is 11.4 Å². The number of sulfonamides is 1. The number of hydrogen-bond donors (Lipinski definition) is 3. The van der Waals surface area contributed by atoms with Gasteiger partial charge in [-0.15, -0.1) is 11.3 Å². The fourth-order valence-electron chi connectivity index (χ4n) is 2.53. The van der Waals surface area contributed by atoms with Gasteiger partial charge in [0, 0.05) is 22.5 Å². The summed E-state index contributed by atoms with van der Waals surface area (Å²) in [5.41, 5.74) is 7.55. The van der Waals surface area contributed by atoms with Gasteiger partial charge < -0.3 is 11.1 Å². The van der Waals surface area contributed by atoms with Crippen molar-refractivity contribution in [1.82, 2.24) is 0 Å². The number of anilines is 2. The van der Waals surface area contributed by atoms with E-state index in [4.69, 9.17) is 5.73 Å². The molecule has 9 heteroatoms. The Hall–Kier alpha value is -3.17. The number of amides is 2. The Morgan fingerprint density at radius 2 is 1.68 bits per heavy atom. The molecule has 0 spiro atoms. The summed E-state index contributed by atoms with van der Waals surface area (Å²) in [7, 11) is -3.64. The standard InChI is InChI=1S/C19H17N3O4S2/c1-12-11-15(8-9-16(12)18(20)23)21-19(24)13-4-6-14(7-5-13)22-28(25,26)17-3-2-10-27-17/h2-11,22H,1H3,(H2,20,23)(H,21,24). The van der Waals surface area contributed by atoms with Gasteiger partial charge in [-0.25, -0.2) is 8.42 Å². The van der Waals surface area contributed by atoms with Crippen molar-refractivity contribution in [2.45, 2.75) is 11.1 Å². The Morgan fingerprint density at radius 3 is 2.25 bits per heavy atom. The largest absolute Gasteiger partial charge is 0.366 e. The Balaban J connectivity index is 1.70. The molecule has 0 unspecified atom stereocenters. The molecule has 0 aliphatic rings. The van der Waals surface area contributed by atoms with Crippen LogP contribution in [-0.2, 0) is 10.0 Å². The predicted molar refractivity (Wildman–Crippen MR) is 109 cm³/mol. The van der Waals surface area contributed by atoms with Crippen molar-refractivity contribution < 1.29 is 18.0 Å². The van der Waals surface area contributed by atoms with Gasteiger partial charge in [0.1, 0.15) is 4.21 Å². The molecule has 1 heterocycles. The second-order valence-corrected chi connectivity index (χ2v) is 8.82. The van der Waals surface area contributed by atoms with Gasteiger partial charge in [0.2, 0.25) is 5.91 Å². The molecule has 0 aliphatic heterocycles. The number of primary amides is 1. The highest BCUT2D eigenvalue weighted by molar-refractivity contribution is 7.94. The van der Waals surface area contributed by atoms with E-state index in [-0.39, 0.29) is 10.1 Å². The van der Waals surface area contributed by atoms with Crippen LogP contribution in [0.1, 0.15) is 26.3 Å². The van der Waals surface area contributed by atoms with Crippen molar-refractivity contribution in [3.05, 3.63) is 76.7 Å². The molecule has 0 radical (unpaired) electrons. The van der Waals surface area contributed by atoms with Crippen LogP contribution < -0.4 is 15.8 Å². The summed E-state index contributed by atoms with van der Waals surface area (Å²) in [5, 5.41) is 4.41. The van der Waals surface area contributed by atoms with Crippen LogP contribution in [0.5, 0.6) is 0 Å². The lowest BCUT2D eigenvalue weighted by Crippen LogP contribution is -2.15. The lowest BCUT2D eigenvalue weighted by Gasteiger charge is -2.09. The SMILES string of the molecule is Cc1cc(NC(=O)c2ccc(NS(=O)(=O)c3cccs3)cc2)ccc1C(N)=O. The summed E-state index contributed by atoms with van der Waals surface area (Å²) < 4.78 is 27.1. The zero-order valence-electron chi connectivity index (χ0n) is 14.8. The van der Waals surface area contributed by atoms with Crippen LogP contribution in [-0.4, -0.2) is 20.2 Å². The van der Waals surface area contributed by atoms with Crippen molar-refractivity contribution in [3.63, 3.8) is 0 Å². The third kappa shape index (κ3) is 4.38. The lowest BCUT2D eigenvalue weighted by atomic mass is 10.1. The van der Waals surface area contributed by atoms with E-state index >= 15 is 0 Å². The van der Waals surface area contributed by atoms with Gasteiger partial charge in [0.25, 0.3) is 15.9 Å². The minimum absolute atomic E-state index is 0.212. The quantitative estimate of drug-likeness (QED) is 0.573. The van der Waals surface area contributed by atoms with Crippen LogP contribution in [0.15, 0.2) is 64.2 Å². The van der Waals surface area contributed by atoms with Crippen LogP contribution in [0.2, 0.25) is 0 Å². The van der Waals surface area contributed by atoms with Gasteiger partial charge in [0.05, 0.1) is 0 Å². The number of nitrogens with two attached hydrogens (primary N) is 1. The number of carbonyl (C=O) groups excluding carboxylic acids is 2. The van der Waals surface area contributed by atoms with E-state index in [1.807, 2.05) is 0 Å². The van der Waals surface area contributed by atoms with E-state index in [2.05, 4.69) is 10.0 Å². The molecule has 3 aromatic rings. The number of aryl methyl sites for hydroxylation is 1. The average molecular weight is 415 g/mol. The molecule has 0 atom stereocenters. The first-order chi connectivity index (χ1) is 13.3. The topological polar surface area (TPSA) is 118 Å². The Bertz CT molecular complexity index is 1120. The van der Waals surface area contributed by atoms with E-state index in [1.165, 1.54) is 30.3 Å². The zero-order valence-corrected chi connectivity index (χ0v) is 16.4. The number of hydrogen-bond acceptors (Lipinski definition) is 5. The summed E-state index contributed by atoms with van der Waals surface area (Å²) in [6, 6.07) is 14.0. The first-order valence-electron chi connectivity index (χ1n) is 8.14. The minimum atomic E-state index is -3.64. The Morgan fingerprint density at radius 1 is 1.00 bits per heavy atom. The molecule has 0 fully saturated rings. The van der Waals surface area contributed by atoms with E-state index in [1.54, 1.807) is 36.6 Å². The van der Waals surface area contributed by atoms with Crippen molar-refractivity contribution in [2.75, 3.05) is 10.0 Å². The highest BCUT2D eigenvalue weighted by Gasteiger charge is 2.15. The molecule has 4 N–H and O–H groups in total. The van der Waals surface area contributed by atoms with Gasteiger partial charge in [-0.2, -0.15) is 0 Å². The number of rotatable bonds is 6. The summed E-state index contributed by atoms with van der Waals surface area (Å²) >= 11 is 1.12. The molecule has 144 valence electrons. The molecule has 0 saturated heterocycles. The molecule has 1 aromatic heterocycles. The fourth-order valence-corrected chi connectivity index (χ4v) is 4.58. The Labute approximate surface area is 166 Å². The molecule has 0 aliphatic carbocycles. The normalized spacial score (nSPS) is 11.0. The smallest absolute Gasteiger partial charge is 0.271 e. The van der Waals surface area contributed by atoms with Crippen molar-refractivity contribution in [2.24, 2.45) is 5.73 Å².